The molecule has 2 nitrogen and oxygen atoms in total. The van der Waals surface area contributed by atoms with E-state index in [0.29, 0.717) is 5.56 Å². The van der Waals surface area contributed by atoms with Gasteiger partial charge in [-0.15, -0.1) is 0 Å². The molecule has 2 heteroatoms. The summed E-state index contributed by atoms with van der Waals surface area (Å²) in [4.78, 5) is 1.91. The van der Waals surface area contributed by atoms with E-state index in [-0.39, 0.29) is 40.8 Å². The zero-order valence-corrected chi connectivity index (χ0v) is 31.7. The molecule has 0 radical (unpaired) electrons. The number of benzene rings is 9. The Balaban J connectivity index is 1.11. The summed E-state index contributed by atoms with van der Waals surface area (Å²) in [6.45, 7) is 4.48. The number of fused-ring (bicyclic) bond motifs is 7. The highest BCUT2D eigenvalue weighted by atomic mass is 15.1. The van der Waals surface area contributed by atoms with Crippen molar-refractivity contribution in [1.82, 2.24) is 4.57 Å². The van der Waals surface area contributed by atoms with Gasteiger partial charge in [-0.2, -0.15) is 0 Å². The van der Waals surface area contributed by atoms with Gasteiger partial charge in [-0.1, -0.05) is 159 Å². The molecular formula is C55H40N2. The summed E-state index contributed by atoms with van der Waals surface area (Å²) in [5.41, 5.74) is 12.2. The van der Waals surface area contributed by atoms with E-state index in [1.165, 1.54) is 11.1 Å². The fraction of sp³-hybridized carbons (Fsp3) is 0.0545. The first-order valence-corrected chi connectivity index (χ1v) is 19.5. The van der Waals surface area contributed by atoms with Crippen molar-refractivity contribution in [2.75, 3.05) is 4.90 Å². The summed E-state index contributed by atoms with van der Waals surface area (Å²) in [5, 5.41) is 4.32. The Morgan fingerprint density at radius 1 is 0.421 bits per heavy atom. The van der Waals surface area contributed by atoms with Gasteiger partial charge < -0.3 is 9.47 Å². The van der Waals surface area contributed by atoms with Crippen LogP contribution >= 0.6 is 0 Å². The van der Waals surface area contributed by atoms with Gasteiger partial charge in [0, 0.05) is 38.6 Å². The van der Waals surface area contributed by atoms with Crippen LogP contribution in [0.2, 0.25) is 0 Å². The molecule has 0 atom stereocenters. The highest BCUT2D eigenvalue weighted by molar-refractivity contribution is 6.11. The summed E-state index contributed by atoms with van der Waals surface area (Å²) in [6, 6.07) is 61.8. The van der Waals surface area contributed by atoms with Crippen molar-refractivity contribution in [3.63, 3.8) is 0 Å². The average molecular weight is 733 g/mol. The third-order valence-corrected chi connectivity index (χ3v) is 11.8. The van der Waals surface area contributed by atoms with Crippen molar-refractivity contribution >= 4 is 49.6 Å². The number of anilines is 3. The Morgan fingerprint density at radius 2 is 1.07 bits per heavy atom. The normalized spacial score (nSPS) is 13.9. The summed E-state index contributed by atoms with van der Waals surface area (Å²) in [7, 11) is 0. The topological polar surface area (TPSA) is 8.17 Å². The van der Waals surface area contributed by atoms with E-state index in [0.717, 1.165) is 71.9 Å². The fourth-order valence-electron chi connectivity index (χ4n) is 9.05. The summed E-state index contributed by atoms with van der Waals surface area (Å²) in [5.74, 6) is 0. The van der Waals surface area contributed by atoms with Crippen LogP contribution in [0.15, 0.2) is 206 Å². The zero-order chi connectivity index (χ0) is 41.6. The van der Waals surface area contributed by atoms with E-state index in [9.17, 15) is 5.48 Å². The summed E-state index contributed by atoms with van der Waals surface area (Å²) < 4.78 is 41.1. The molecule has 57 heavy (non-hydrogen) atoms. The molecule has 270 valence electrons. The Bertz CT molecular complexity index is 3370. The second-order valence-corrected chi connectivity index (χ2v) is 15.5. The molecule has 0 N–H and O–H groups in total. The average Bonchev–Trinajstić information content (AvgIpc) is 3.74. The lowest BCUT2D eigenvalue weighted by Gasteiger charge is -2.28. The second-order valence-electron chi connectivity index (χ2n) is 15.5. The molecule has 0 unspecified atom stereocenters. The lowest BCUT2D eigenvalue weighted by molar-refractivity contribution is 0.660. The summed E-state index contributed by atoms with van der Waals surface area (Å²) >= 11 is 0. The van der Waals surface area contributed by atoms with Crippen molar-refractivity contribution in [3.8, 4) is 39.1 Å². The van der Waals surface area contributed by atoms with Gasteiger partial charge in [-0.3, -0.25) is 0 Å². The monoisotopic (exact) mass is 732 g/mol. The Morgan fingerprint density at radius 3 is 1.95 bits per heavy atom. The van der Waals surface area contributed by atoms with Gasteiger partial charge in [0.1, 0.15) is 0 Å². The number of hydrogen-bond donors (Lipinski definition) is 0. The van der Waals surface area contributed by atoms with Gasteiger partial charge in [0.25, 0.3) is 0 Å². The molecule has 0 spiro atoms. The van der Waals surface area contributed by atoms with Gasteiger partial charge >= 0.3 is 0 Å². The van der Waals surface area contributed by atoms with Crippen LogP contribution in [0.1, 0.15) is 30.5 Å². The predicted molar refractivity (Wildman–Crippen MR) is 241 cm³/mol. The Labute approximate surface area is 339 Å². The smallest absolute Gasteiger partial charge is 0.0645 e. The maximum Gasteiger partial charge on any atom is 0.0645 e. The fourth-order valence-corrected chi connectivity index (χ4v) is 9.05. The molecule has 1 aliphatic carbocycles. The van der Waals surface area contributed by atoms with Crippen LogP contribution < -0.4 is 4.90 Å². The van der Waals surface area contributed by atoms with Crippen molar-refractivity contribution in [3.05, 3.63) is 217 Å². The molecule has 1 aromatic heterocycles. The molecule has 1 heterocycles. The molecule has 1 aliphatic rings. The van der Waals surface area contributed by atoms with Crippen molar-refractivity contribution in [2.45, 2.75) is 19.3 Å². The zero-order valence-electron chi connectivity index (χ0n) is 35.7. The van der Waals surface area contributed by atoms with Crippen molar-refractivity contribution in [2.24, 2.45) is 0 Å². The molecule has 10 aromatic rings. The van der Waals surface area contributed by atoms with E-state index in [1.807, 2.05) is 65.6 Å². The molecule has 0 saturated heterocycles. The standard InChI is InChI=1S/C55H40N2/c1-55(2)50-23-10-8-21-46(50)47-32-31-44(36-51(47)55)56(43-19-12-18-40(34-43)37-14-4-3-5-15-37)42-29-26-38(27-30-42)41-28-33-54-49(35-41)48-22-9-11-24-53(48)57(54)52-25-13-17-39-16-6-7-20-45(39)52/h3-36H,1-2H3/i26D,27D,29D,30D. The first kappa shape index (κ1) is 29.2. The molecule has 9 aromatic carbocycles. The summed E-state index contributed by atoms with van der Waals surface area (Å²) in [6.07, 6.45) is 0. The van der Waals surface area contributed by atoms with Gasteiger partial charge in [0.2, 0.25) is 0 Å². The maximum absolute atomic E-state index is 9.76. The van der Waals surface area contributed by atoms with E-state index in [2.05, 4.69) is 140 Å². The first-order chi connectivity index (χ1) is 29.7. The van der Waals surface area contributed by atoms with E-state index >= 15 is 0 Å². The molecule has 0 fully saturated rings. The predicted octanol–water partition coefficient (Wildman–Crippen LogP) is 15.0. The van der Waals surface area contributed by atoms with E-state index in [4.69, 9.17) is 0 Å². The highest BCUT2D eigenvalue weighted by Crippen LogP contribution is 2.51. The van der Waals surface area contributed by atoms with E-state index in [1.54, 1.807) is 0 Å². The lowest BCUT2D eigenvalue weighted by Crippen LogP contribution is -2.16. The quantitative estimate of drug-likeness (QED) is 0.165. The van der Waals surface area contributed by atoms with Gasteiger partial charge in [0.15, 0.2) is 0 Å². The van der Waals surface area contributed by atoms with Crippen LogP contribution in [0.25, 0.3) is 71.6 Å². The van der Waals surface area contributed by atoms with Gasteiger partial charge in [-0.05, 0) is 111 Å². The van der Waals surface area contributed by atoms with Crippen LogP contribution in [0.3, 0.4) is 0 Å². The highest BCUT2D eigenvalue weighted by Gasteiger charge is 2.35. The van der Waals surface area contributed by atoms with Crippen LogP contribution in [-0.2, 0) is 5.41 Å². The number of rotatable bonds is 6. The van der Waals surface area contributed by atoms with Crippen LogP contribution in [0.4, 0.5) is 17.1 Å². The minimum Gasteiger partial charge on any atom is -0.310 e. The maximum atomic E-state index is 9.76. The molecule has 11 rings (SSSR count). The van der Waals surface area contributed by atoms with Crippen LogP contribution in [0, 0.1) is 0 Å². The molecule has 0 saturated carbocycles. The van der Waals surface area contributed by atoms with Crippen molar-refractivity contribution < 1.29 is 5.48 Å². The third kappa shape index (κ3) is 5.33. The molecular weight excluding hydrogens is 689 g/mol. The Kier molecular flexibility index (Phi) is 6.64. The molecule has 0 bridgehead atoms. The lowest BCUT2D eigenvalue weighted by atomic mass is 9.82. The minimum atomic E-state index is -0.284. The van der Waals surface area contributed by atoms with Crippen LogP contribution in [0.5, 0.6) is 0 Å². The third-order valence-electron chi connectivity index (χ3n) is 11.8. The SMILES string of the molecule is [2H]c1c([2H])c(N(c2cccc(-c3ccccc3)c2)c2ccc3c(c2)C(C)(C)c2ccccc2-3)c([2H])c([2H])c1-c1ccc2c(c1)c1ccccc1n2-c1cccc2ccccc12. The number of nitrogens with zero attached hydrogens (tertiary/aromatic N) is 2. The first-order valence-electron chi connectivity index (χ1n) is 21.5. The minimum absolute atomic E-state index is 0.0914. The van der Waals surface area contributed by atoms with Gasteiger partial charge in [0.05, 0.1) is 22.2 Å². The second kappa shape index (κ2) is 13.0. The molecule has 0 amide bonds. The molecule has 0 aliphatic heterocycles. The Hall–Kier alpha value is -7.16. The van der Waals surface area contributed by atoms with Crippen molar-refractivity contribution in [1.29, 1.82) is 0 Å². The van der Waals surface area contributed by atoms with Crippen LogP contribution in [-0.4, -0.2) is 4.57 Å². The number of aromatic nitrogens is 1. The number of hydrogen-bond acceptors (Lipinski definition) is 1. The van der Waals surface area contributed by atoms with Gasteiger partial charge in [-0.25, -0.2) is 0 Å². The largest absolute Gasteiger partial charge is 0.310 e. The van der Waals surface area contributed by atoms with E-state index < -0.39 is 0 Å². The number of para-hydroxylation sites is 1.